The molecule has 0 N–H and O–H groups in total. The molecule has 1 saturated carbocycles. The Labute approximate surface area is 73.0 Å². The maximum Gasteiger partial charge on any atom is 0.305 e. The first kappa shape index (κ1) is 9.52. The molecular weight excluding hydrogens is 156 g/mol. The Hall–Kier alpha value is -0.570. The van der Waals surface area contributed by atoms with E-state index in [0.717, 1.165) is 19.3 Å². The zero-order valence-corrected chi connectivity index (χ0v) is 7.71. The lowest BCUT2D eigenvalue weighted by atomic mass is 10.0. The lowest BCUT2D eigenvalue weighted by molar-refractivity contribution is -0.141. The smallest absolute Gasteiger partial charge is 0.305 e. The maximum atomic E-state index is 10.9. The van der Waals surface area contributed by atoms with Gasteiger partial charge in [0, 0.05) is 13.5 Å². The van der Waals surface area contributed by atoms with Gasteiger partial charge in [-0.25, -0.2) is 0 Å². The molecule has 0 aromatic rings. The molecule has 0 amide bonds. The van der Waals surface area contributed by atoms with Crippen LogP contribution < -0.4 is 0 Å². The summed E-state index contributed by atoms with van der Waals surface area (Å²) in [5.41, 5.74) is 0. The van der Waals surface area contributed by atoms with Crippen molar-refractivity contribution in [3.8, 4) is 0 Å². The zero-order valence-electron chi connectivity index (χ0n) is 7.71. The SMILES string of the molecule is COC(=O)CC1CCC(OC)C1. The molecule has 1 rings (SSSR count). The van der Waals surface area contributed by atoms with Gasteiger partial charge in [-0.15, -0.1) is 0 Å². The summed E-state index contributed by atoms with van der Waals surface area (Å²) in [4.78, 5) is 10.9. The van der Waals surface area contributed by atoms with Crippen molar-refractivity contribution in [1.29, 1.82) is 0 Å². The Bertz CT molecular complexity index is 156. The Balaban J connectivity index is 2.23. The van der Waals surface area contributed by atoms with Crippen LogP contribution in [0.3, 0.4) is 0 Å². The minimum atomic E-state index is -0.100. The summed E-state index contributed by atoms with van der Waals surface area (Å²) in [6, 6.07) is 0. The highest BCUT2D eigenvalue weighted by molar-refractivity contribution is 5.69. The highest BCUT2D eigenvalue weighted by atomic mass is 16.5. The number of esters is 1. The summed E-state index contributed by atoms with van der Waals surface area (Å²) >= 11 is 0. The monoisotopic (exact) mass is 172 g/mol. The summed E-state index contributed by atoms with van der Waals surface area (Å²) in [5, 5.41) is 0. The first-order chi connectivity index (χ1) is 5.76. The first-order valence-electron chi connectivity index (χ1n) is 4.36. The molecule has 0 bridgehead atoms. The predicted octanol–water partition coefficient (Wildman–Crippen LogP) is 1.36. The van der Waals surface area contributed by atoms with Gasteiger partial charge >= 0.3 is 5.97 Å². The van der Waals surface area contributed by atoms with Gasteiger partial charge in [-0.3, -0.25) is 4.79 Å². The molecule has 3 heteroatoms. The molecule has 0 aromatic heterocycles. The van der Waals surface area contributed by atoms with E-state index in [2.05, 4.69) is 4.74 Å². The van der Waals surface area contributed by atoms with Crippen LogP contribution in [0.5, 0.6) is 0 Å². The molecular formula is C9H16O3. The van der Waals surface area contributed by atoms with Gasteiger partial charge in [0.15, 0.2) is 0 Å². The van der Waals surface area contributed by atoms with E-state index in [1.165, 1.54) is 7.11 Å². The fraction of sp³-hybridized carbons (Fsp3) is 0.889. The van der Waals surface area contributed by atoms with E-state index in [1.807, 2.05) is 0 Å². The second kappa shape index (κ2) is 4.45. The van der Waals surface area contributed by atoms with Crippen LogP contribution in [0.1, 0.15) is 25.7 Å². The average molecular weight is 172 g/mol. The number of hydrogen-bond acceptors (Lipinski definition) is 3. The number of rotatable bonds is 3. The fourth-order valence-corrected chi connectivity index (χ4v) is 1.75. The van der Waals surface area contributed by atoms with Crippen molar-refractivity contribution in [2.45, 2.75) is 31.8 Å². The van der Waals surface area contributed by atoms with E-state index in [-0.39, 0.29) is 5.97 Å². The second-order valence-corrected chi connectivity index (χ2v) is 3.32. The van der Waals surface area contributed by atoms with E-state index in [9.17, 15) is 4.79 Å². The number of hydrogen-bond donors (Lipinski definition) is 0. The van der Waals surface area contributed by atoms with Crippen molar-refractivity contribution in [3.63, 3.8) is 0 Å². The quantitative estimate of drug-likeness (QED) is 0.603. The lowest BCUT2D eigenvalue weighted by Gasteiger charge is -2.08. The van der Waals surface area contributed by atoms with Crippen molar-refractivity contribution in [2.75, 3.05) is 14.2 Å². The number of ether oxygens (including phenoxy) is 2. The summed E-state index contributed by atoms with van der Waals surface area (Å²) in [5.74, 6) is 0.374. The predicted molar refractivity (Wildman–Crippen MR) is 44.8 cm³/mol. The van der Waals surface area contributed by atoms with Crippen LogP contribution in [0.25, 0.3) is 0 Å². The lowest BCUT2D eigenvalue weighted by Crippen LogP contribution is -2.09. The minimum absolute atomic E-state index is 0.100. The molecule has 70 valence electrons. The molecule has 3 nitrogen and oxygen atoms in total. The van der Waals surface area contributed by atoms with Gasteiger partial charge in [0.25, 0.3) is 0 Å². The molecule has 12 heavy (non-hydrogen) atoms. The van der Waals surface area contributed by atoms with Crippen LogP contribution in [0.4, 0.5) is 0 Å². The van der Waals surface area contributed by atoms with Crippen molar-refractivity contribution >= 4 is 5.97 Å². The van der Waals surface area contributed by atoms with Crippen LogP contribution in [-0.4, -0.2) is 26.3 Å². The van der Waals surface area contributed by atoms with Crippen LogP contribution in [0, 0.1) is 5.92 Å². The van der Waals surface area contributed by atoms with Gasteiger partial charge in [-0.05, 0) is 25.2 Å². The van der Waals surface area contributed by atoms with Gasteiger partial charge in [-0.2, -0.15) is 0 Å². The molecule has 2 atom stereocenters. The van der Waals surface area contributed by atoms with E-state index >= 15 is 0 Å². The molecule has 0 saturated heterocycles. The van der Waals surface area contributed by atoms with E-state index in [1.54, 1.807) is 7.11 Å². The van der Waals surface area contributed by atoms with E-state index < -0.39 is 0 Å². The molecule has 2 unspecified atom stereocenters. The van der Waals surface area contributed by atoms with Crippen molar-refractivity contribution in [1.82, 2.24) is 0 Å². The van der Waals surface area contributed by atoms with Crippen molar-refractivity contribution in [3.05, 3.63) is 0 Å². The largest absolute Gasteiger partial charge is 0.469 e. The van der Waals surface area contributed by atoms with Crippen LogP contribution in [0.2, 0.25) is 0 Å². The summed E-state index contributed by atoms with van der Waals surface area (Å²) in [6.07, 6.45) is 4.09. The standard InChI is InChI=1S/C9H16O3/c1-11-8-4-3-7(5-8)6-9(10)12-2/h7-8H,3-6H2,1-2H3. The number of carbonyl (C=O) groups is 1. The molecule has 1 aliphatic carbocycles. The third-order valence-electron chi connectivity index (χ3n) is 2.51. The number of carbonyl (C=O) groups excluding carboxylic acids is 1. The maximum absolute atomic E-state index is 10.9. The molecule has 1 fully saturated rings. The van der Waals surface area contributed by atoms with Gasteiger partial charge in [0.2, 0.25) is 0 Å². The molecule has 1 aliphatic rings. The van der Waals surface area contributed by atoms with Gasteiger partial charge in [-0.1, -0.05) is 0 Å². The first-order valence-corrected chi connectivity index (χ1v) is 4.36. The van der Waals surface area contributed by atoms with E-state index in [0.29, 0.717) is 18.4 Å². The molecule has 0 radical (unpaired) electrons. The van der Waals surface area contributed by atoms with Gasteiger partial charge in [0.05, 0.1) is 13.2 Å². The Morgan fingerprint density at radius 2 is 2.17 bits per heavy atom. The molecule has 0 spiro atoms. The minimum Gasteiger partial charge on any atom is -0.469 e. The zero-order chi connectivity index (χ0) is 8.97. The summed E-state index contributed by atoms with van der Waals surface area (Å²) in [6.45, 7) is 0. The molecule has 0 aromatic carbocycles. The van der Waals surface area contributed by atoms with Crippen molar-refractivity contribution in [2.24, 2.45) is 5.92 Å². The fourth-order valence-electron chi connectivity index (χ4n) is 1.75. The van der Waals surface area contributed by atoms with Crippen molar-refractivity contribution < 1.29 is 14.3 Å². The third-order valence-corrected chi connectivity index (χ3v) is 2.51. The van der Waals surface area contributed by atoms with Crippen LogP contribution in [0.15, 0.2) is 0 Å². The topological polar surface area (TPSA) is 35.5 Å². The Morgan fingerprint density at radius 1 is 1.42 bits per heavy atom. The summed E-state index contributed by atoms with van der Waals surface area (Å²) in [7, 11) is 3.16. The highest BCUT2D eigenvalue weighted by Crippen LogP contribution is 2.29. The molecule has 0 heterocycles. The Morgan fingerprint density at radius 3 is 2.67 bits per heavy atom. The van der Waals surface area contributed by atoms with Gasteiger partial charge in [0.1, 0.15) is 0 Å². The third kappa shape index (κ3) is 2.48. The Kier molecular flexibility index (Phi) is 3.53. The van der Waals surface area contributed by atoms with Crippen LogP contribution >= 0.6 is 0 Å². The second-order valence-electron chi connectivity index (χ2n) is 3.32. The highest BCUT2D eigenvalue weighted by Gasteiger charge is 2.26. The van der Waals surface area contributed by atoms with E-state index in [4.69, 9.17) is 4.74 Å². The van der Waals surface area contributed by atoms with Gasteiger partial charge < -0.3 is 9.47 Å². The normalized spacial score (nSPS) is 28.8. The summed E-state index contributed by atoms with van der Waals surface area (Å²) < 4.78 is 9.81. The number of methoxy groups -OCH3 is 2. The van der Waals surface area contributed by atoms with Crippen LogP contribution in [-0.2, 0) is 14.3 Å². The average Bonchev–Trinajstić information content (AvgIpc) is 2.52. The molecule has 0 aliphatic heterocycles.